The van der Waals surface area contributed by atoms with Gasteiger partial charge in [0.1, 0.15) is 0 Å². The first kappa shape index (κ1) is 18.5. The van der Waals surface area contributed by atoms with Crippen molar-refractivity contribution in [3.8, 4) is 11.5 Å². The van der Waals surface area contributed by atoms with Gasteiger partial charge in [-0.25, -0.2) is 0 Å². The summed E-state index contributed by atoms with van der Waals surface area (Å²) in [5, 5.41) is 2.82. The molecule has 6 heteroatoms. The van der Waals surface area contributed by atoms with Crippen LogP contribution >= 0.6 is 12.4 Å². The maximum Gasteiger partial charge on any atom is 0.241 e. The van der Waals surface area contributed by atoms with E-state index >= 15 is 0 Å². The number of nitrogens with two attached hydrogens (primary N) is 1. The number of anilines is 1. The molecule has 0 aromatic heterocycles. The second-order valence-electron chi connectivity index (χ2n) is 4.78. The summed E-state index contributed by atoms with van der Waals surface area (Å²) >= 11 is 0. The number of methoxy groups -OCH3 is 2. The average molecular weight is 303 g/mol. The molecule has 1 atom stereocenters. The summed E-state index contributed by atoms with van der Waals surface area (Å²) in [7, 11) is 3.13. The Kier molecular flexibility index (Phi) is 7.39. The maximum absolute atomic E-state index is 12.0. The van der Waals surface area contributed by atoms with Crippen LogP contribution in [-0.4, -0.2) is 26.2 Å². The number of hydrogen-bond acceptors (Lipinski definition) is 4. The van der Waals surface area contributed by atoms with E-state index in [0.717, 1.165) is 5.56 Å². The Balaban J connectivity index is 0.00000361. The molecule has 0 heterocycles. The van der Waals surface area contributed by atoms with Crippen LogP contribution in [0.15, 0.2) is 12.1 Å². The molecule has 5 nitrogen and oxygen atoms in total. The number of nitrogens with one attached hydrogen (secondary N) is 1. The molecule has 0 aliphatic rings. The van der Waals surface area contributed by atoms with Gasteiger partial charge in [0.15, 0.2) is 11.5 Å². The van der Waals surface area contributed by atoms with Crippen molar-refractivity contribution < 1.29 is 14.3 Å². The lowest BCUT2D eigenvalue weighted by Crippen LogP contribution is -2.39. The minimum Gasteiger partial charge on any atom is -0.493 e. The zero-order valence-corrected chi connectivity index (χ0v) is 13.3. The Morgan fingerprint density at radius 3 is 2.15 bits per heavy atom. The van der Waals surface area contributed by atoms with Gasteiger partial charge in [0.05, 0.1) is 20.3 Å². The Morgan fingerprint density at radius 1 is 1.20 bits per heavy atom. The molecule has 1 unspecified atom stereocenters. The second kappa shape index (κ2) is 7.97. The van der Waals surface area contributed by atoms with E-state index in [2.05, 4.69) is 5.32 Å². The quantitative estimate of drug-likeness (QED) is 0.875. The van der Waals surface area contributed by atoms with E-state index in [1.807, 2.05) is 26.8 Å². The van der Waals surface area contributed by atoms with Crippen LogP contribution in [0.1, 0.15) is 19.4 Å². The van der Waals surface area contributed by atoms with Crippen LogP contribution in [0.3, 0.4) is 0 Å². The van der Waals surface area contributed by atoms with Gasteiger partial charge in [-0.3, -0.25) is 4.79 Å². The highest BCUT2D eigenvalue weighted by molar-refractivity contribution is 5.95. The van der Waals surface area contributed by atoms with Crippen LogP contribution < -0.4 is 20.5 Å². The normalized spacial score (nSPS) is 11.6. The smallest absolute Gasteiger partial charge is 0.241 e. The maximum atomic E-state index is 12.0. The fourth-order valence-corrected chi connectivity index (χ4v) is 1.63. The highest BCUT2D eigenvalue weighted by atomic mass is 35.5. The number of amides is 1. The van der Waals surface area contributed by atoms with E-state index in [1.54, 1.807) is 20.3 Å². The summed E-state index contributed by atoms with van der Waals surface area (Å²) < 4.78 is 10.4. The Bertz CT molecular complexity index is 464. The van der Waals surface area contributed by atoms with Crippen LogP contribution in [0.4, 0.5) is 5.69 Å². The molecule has 0 radical (unpaired) electrons. The Morgan fingerprint density at radius 2 is 1.70 bits per heavy atom. The third kappa shape index (κ3) is 4.28. The van der Waals surface area contributed by atoms with Gasteiger partial charge in [-0.2, -0.15) is 0 Å². The van der Waals surface area contributed by atoms with Crippen LogP contribution in [0, 0.1) is 12.8 Å². The Labute approximate surface area is 126 Å². The summed E-state index contributed by atoms with van der Waals surface area (Å²) in [4.78, 5) is 12.0. The number of halogens is 1. The van der Waals surface area contributed by atoms with Crippen molar-refractivity contribution in [3.05, 3.63) is 17.7 Å². The third-order valence-corrected chi connectivity index (χ3v) is 3.01. The van der Waals surface area contributed by atoms with E-state index in [4.69, 9.17) is 15.2 Å². The van der Waals surface area contributed by atoms with Crippen molar-refractivity contribution in [2.45, 2.75) is 26.8 Å². The van der Waals surface area contributed by atoms with Crippen molar-refractivity contribution in [3.63, 3.8) is 0 Å². The van der Waals surface area contributed by atoms with E-state index in [9.17, 15) is 4.79 Å². The molecule has 3 N–H and O–H groups in total. The molecule has 0 fully saturated rings. The molecule has 0 saturated heterocycles. The monoisotopic (exact) mass is 302 g/mol. The molecule has 1 rings (SSSR count). The standard InChI is InChI=1S/C14H22N2O3.ClH/c1-8(2)13(15)14(17)16-10-7-12(19-5)11(18-4)6-9(10)3;/h6-8,13H,15H2,1-5H3,(H,16,17);1H. The first-order valence-electron chi connectivity index (χ1n) is 6.19. The zero-order chi connectivity index (χ0) is 14.6. The number of benzene rings is 1. The SMILES string of the molecule is COc1cc(C)c(NC(=O)C(N)C(C)C)cc1OC.Cl. The largest absolute Gasteiger partial charge is 0.493 e. The highest BCUT2D eigenvalue weighted by Crippen LogP contribution is 2.32. The summed E-state index contributed by atoms with van der Waals surface area (Å²) in [5.41, 5.74) is 7.39. The van der Waals surface area contributed by atoms with Crippen molar-refractivity contribution in [2.75, 3.05) is 19.5 Å². The molecule has 0 aliphatic carbocycles. The molecule has 0 spiro atoms. The molecular formula is C14H23ClN2O3. The number of aryl methyl sites for hydroxylation is 1. The van der Waals surface area contributed by atoms with Gasteiger partial charge in [0.25, 0.3) is 0 Å². The number of ether oxygens (including phenoxy) is 2. The van der Waals surface area contributed by atoms with Crippen LogP contribution in [-0.2, 0) is 4.79 Å². The van der Waals surface area contributed by atoms with E-state index in [1.165, 1.54) is 0 Å². The molecule has 114 valence electrons. The molecule has 1 aromatic rings. The average Bonchev–Trinajstić information content (AvgIpc) is 2.39. The van der Waals surface area contributed by atoms with Crippen molar-refractivity contribution in [1.29, 1.82) is 0 Å². The van der Waals surface area contributed by atoms with Gasteiger partial charge >= 0.3 is 0 Å². The second-order valence-corrected chi connectivity index (χ2v) is 4.78. The number of rotatable bonds is 5. The number of carbonyl (C=O) groups excluding carboxylic acids is 1. The van der Waals surface area contributed by atoms with E-state index < -0.39 is 6.04 Å². The topological polar surface area (TPSA) is 73.6 Å². The lowest BCUT2D eigenvalue weighted by molar-refractivity contribution is -0.118. The van der Waals surface area contributed by atoms with Gasteiger partial charge < -0.3 is 20.5 Å². The zero-order valence-electron chi connectivity index (χ0n) is 12.5. The Hall–Kier alpha value is -1.46. The van der Waals surface area contributed by atoms with Gasteiger partial charge in [0.2, 0.25) is 5.91 Å². The lowest BCUT2D eigenvalue weighted by atomic mass is 10.0. The first-order chi connectivity index (χ1) is 8.90. The van der Waals surface area contributed by atoms with Crippen molar-refractivity contribution >= 4 is 24.0 Å². The molecular weight excluding hydrogens is 280 g/mol. The molecule has 20 heavy (non-hydrogen) atoms. The summed E-state index contributed by atoms with van der Waals surface area (Å²) in [5.74, 6) is 1.08. The highest BCUT2D eigenvalue weighted by Gasteiger charge is 2.18. The van der Waals surface area contributed by atoms with Gasteiger partial charge in [-0.15, -0.1) is 12.4 Å². The fourth-order valence-electron chi connectivity index (χ4n) is 1.63. The van der Waals surface area contributed by atoms with Crippen LogP contribution in [0.5, 0.6) is 11.5 Å². The van der Waals surface area contributed by atoms with Gasteiger partial charge in [-0.05, 0) is 24.5 Å². The van der Waals surface area contributed by atoms with Crippen molar-refractivity contribution in [1.82, 2.24) is 0 Å². The summed E-state index contributed by atoms with van der Waals surface area (Å²) in [6, 6.07) is 3.02. The van der Waals surface area contributed by atoms with E-state index in [0.29, 0.717) is 17.2 Å². The predicted molar refractivity (Wildman–Crippen MR) is 83.0 cm³/mol. The molecule has 1 amide bonds. The summed E-state index contributed by atoms with van der Waals surface area (Å²) in [6.45, 7) is 5.70. The van der Waals surface area contributed by atoms with Crippen molar-refractivity contribution in [2.24, 2.45) is 11.7 Å². The molecule has 1 aromatic carbocycles. The summed E-state index contributed by atoms with van der Waals surface area (Å²) in [6.07, 6.45) is 0. The van der Waals surface area contributed by atoms with Gasteiger partial charge in [-0.1, -0.05) is 13.8 Å². The minimum atomic E-state index is -0.535. The fraction of sp³-hybridized carbons (Fsp3) is 0.500. The predicted octanol–water partition coefficient (Wildman–Crippen LogP) is 2.36. The van der Waals surface area contributed by atoms with Crippen LogP contribution in [0.25, 0.3) is 0 Å². The lowest BCUT2D eigenvalue weighted by Gasteiger charge is -2.18. The molecule has 0 aliphatic heterocycles. The molecule has 0 saturated carbocycles. The van der Waals surface area contributed by atoms with Gasteiger partial charge in [0, 0.05) is 11.8 Å². The minimum absolute atomic E-state index is 0. The van der Waals surface area contributed by atoms with Crippen LogP contribution in [0.2, 0.25) is 0 Å². The number of carbonyl (C=O) groups is 1. The number of hydrogen-bond donors (Lipinski definition) is 2. The third-order valence-electron chi connectivity index (χ3n) is 3.01. The molecule has 0 bridgehead atoms. The van der Waals surface area contributed by atoms with E-state index in [-0.39, 0.29) is 24.2 Å². The first-order valence-corrected chi connectivity index (χ1v) is 6.19.